The van der Waals surface area contributed by atoms with Crippen molar-refractivity contribution >= 4 is 33.2 Å². The summed E-state index contributed by atoms with van der Waals surface area (Å²) in [5.41, 5.74) is 2.43. The second kappa shape index (κ2) is 7.34. The van der Waals surface area contributed by atoms with Crippen molar-refractivity contribution < 1.29 is 13.2 Å². The lowest BCUT2D eigenvalue weighted by atomic mass is 10.1. The molecule has 0 spiro atoms. The number of halogens is 1. The molecule has 0 aliphatic heterocycles. The second-order valence-corrected chi connectivity index (χ2v) is 7.59. The van der Waals surface area contributed by atoms with Crippen LogP contribution in [-0.2, 0) is 10.0 Å². The number of nitrogens with one attached hydrogen (secondary N) is 2. The van der Waals surface area contributed by atoms with Gasteiger partial charge in [-0.25, -0.2) is 13.1 Å². The second-order valence-electron chi connectivity index (χ2n) is 5.39. The Labute approximate surface area is 147 Å². The first-order valence-corrected chi connectivity index (χ1v) is 9.28. The van der Waals surface area contributed by atoms with Gasteiger partial charge in [-0.2, -0.15) is 0 Å². The molecule has 7 heteroatoms. The average molecular weight is 367 g/mol. The highest BCUT2D eigenvalue weighted by atomic mass is 35.5. The van der Waals surface area contributed by atoms with E-state index in [9.17, 15) is 13.2 Å². The van der Waals surface area contributed by atoms with Crippen LogP contribution < -0.4 is 10.0 Å². The number of aryl methyl sites for hydroxylation is 2. The van der Waals surface area contributed by atoms with Crippen LogP contribution in [0.25, 0.3) is 0 Å². The first kappa shape index (κ1) is 18.4. The van der Waals surface area contributed by atoms with Gasteiger partial charge in [-0.15, -0.1) is 0 Å². The van der Waals surface area contributed by atoms with Crippen LogP contribution in [0.4, 0.5) is 5.69 Å². The Balaban J connectivity index is 2.37. The van der Waals surface area contributed by atoms with Crippen molar-refractivity contribution in [1.82, 2.24) is 4.72 Å². The maximum absolute atomic E-state index is 12.6. The minimum Gasteiger partial charge on any atom is -0.322 e. The molecule has 2 aromatic rings. The molecule has 2 aromatic carbocycles. The van der Waals surface area contributed by atoms with Crippen LogP contribution in [0.3, 0.4) is 0 Å². The van der Waals surface area contributed by atoms with Crippen LogP contribution in [0.15, 0.2) is 41.3 Å². The summed E-state index contributed by atoms with van der Waals surface area (Å²) in [5, 5.41) is 3.29. The topological polar surface area (TPSA) is 75.3 Å². The third-order valence-electron chi connectivity index (χ3n) is 3.55. The highest BCUT2D eigenvalue weighted by molar-refractivity contribution is 7.89. The van der Waals surface area contributed by atoms with Gasteiger partial charge in [0.1, 0.15) is 0 Å². The molecule has 0 aliphatic rings. The van der Waals surface area contributed by atoms with Crippen molar-refractivity contribution in [1.29, 1.82) is 0 Å². The number of carbonyl (C=O) groups is 1. The van der Waals surface area contributed by atoms with Gasteiger partial charge in [0.05, 0.1) is 4.90 Å². The van der Waals surface area contributed by atoms with Gasteiger partial charge in [0.15, 0.2) is 0 Å². The smallest absolute Gasteiger partial charge is 0.255 e. The number of hydrogen-bond acceptors (Lipinski definition) is 3. The predicted octanol–water partition coefficient (Wildman–Crippen LogP) is 3.51. The van der Waals surface area contributed by atoms with E-state index in [1.165, 1.54) is 12.1 Å². The van der Waals surface area contributed by atoms with Crippen LogP contribution in [-0.4, -0.2) is 20.9 Å². The van der Waals surface area contributed by atoms with E-state index in [0.717, 1.165) is 5.56 Å². The lowest BCUT2D eigenvalue weighted by Crippen LogP contribution is -2.24. The molecule has 128 valence electrons. The Kier molecular flexibility index (Phi) is 5.64. The molecule has 0 aliphatic carbocycles. The summed E-state index contributed by atoms with van der Waals surface area (Å²) < 4.78 is 26.6. The average Bonchev–Trinajstić information content (AvgIpc) is 2.51. The van der Waals surface area contributed by atoms with Crippen molar-refractivity contribution in [2.24, 2.45) is 0 Å². The minimum atomic E-state index is -3.62. The number of sulfonamides is 1. The fourth-order valence-electron chi connectivity index (χ4n) is 2.20. The minimum absolute atomic E-state index is 0.0583. The van der Waals surface area contributed by atoms with Crippen LogP contribution in [0.2, 0.25) is 5.02 Å². The highest BCUT2D eigenvalue weighted by Crippen LogP contribution is 2.22. The summed E-state index contributed by atoms with van der Waals surface area (Å²) in [6, 6.07) is 9.67. The molecule has 0 heterocycles. The van der Waals surface area contributed by atoms with Crippen LogP contribution in [0, 0.1) is 13.8 Å². The van der Waals surface area contributed by atoms with E-state index in [2.05, 4.69) is 10.0 Å². The molecule has 0 fully saturated rings. The Morgan fingerprint density at radius 3 is 2.42 bits per heavy atom. The van der Waals surface area contributed by atoms with E-state index in [4.69, 9.17) is 11.6 Å². The summed E-state index contributed by atoms with van der Waals surface area (Å²) in [5.74, 6) is -0.383. The lowest BCUT2D eigenvalue weighted by molar-refractivity contribution is 0.102. The number of carbonyl (C=O) groups excluding carboxylic acids is 1. The summed E-state index contributed by atoms with van der Waals surface area (Å²) in [6.45, 7) is 5.58. The molecular formula is C17H19ClN2O3S. The van der Waals surface area contributed by atoms with Crippen LogP contribution >= 0.6 is 11.6 Å². The molecular weight excluding hydrogens is 348 g/mol. The molecule has 0 saturated carbocycles. The quantitative estimate of drug-likeness (QED) is 0.850. The number of amides is 1. The van der Waals surface area contributed by atoms with E-state index in [1.807, 2.05) is 6.92 Å². The molecule has 0 aromatic heterocycles. The van der Waals surface area contributed by atoms with Gasteiger partial charge in [-0.1, -0.05) is 30.7 Å². The number of anilines is 1. The van der Waals surface area contributed by atoms with E-state index in [1.54, 1.807) is 38.1 Å². The summed E-state index contributed by atoms with van der Waals surface area (Å²) in [7, 11) is -3.62. The van der Waals surface area contributed by atoms with E-state index in [0.29, 0.717) is 21.8 Å². The van der Waals surface area contributed by atoms with Crippen molar-refractivity contribution in [2.45, 2.75) is 25.7 Å². The van der Waals surface area contributed by atoms with Crippen molar-refractivity contribution in [2.75, 3.05) is 11.9 Å². The number of rotatable bonds is 5. The summed E-state index contributed by atoms with van der Waals surface area (Å²) in [6.07, 6.45) is 0. The first-order chi connectivity index (χ1) is 11.2. The summed E-state index contributed by atoms with van der Waals surface area (Å²) in [4.78, 5) is 12.6. The maximum Gasteiger partial charge on any atom is 0.255 e. The molecule has 2 rings (SSSR count). The first-order valence-electron chi connectivity index (χ1n) is 7.42. The summed E-state index contributed by atoms with van der Waals surface area (Å²) >= 11 is 5.96. The monoisotopic (exact) mass is 366 g/mol. The molecule has 0 bridgehead atoms. The Bertz CT molecular complexity index is 879. The number of benzene rings is 2. The molecule has 24 heavy (non-hydrogen) atoms. The largest absolute Gasteiger partial charge is 0.322 e. The zero-order chi connectivity index (χ0) is 17.9. The third kappa shape index (κ3) is 4.14. The van der Waals surface area contributed by atoms with Gasteiger partial charge < -0.3 is 5.32 Å². The van der Waals surface area contributed by atoms with Crippen LogP contribution in [0.1, 0.15) is 28.4 Å². The molecule has 2 N–H and O–H groups in total. The van der Waals surface area contributed by atoms with Gasteiger partial charge in [0, 0.05) is 22.8 Å². The standard InChI is InChI=1S/C17H19ClN2O3S/c1-4-19-24(22,23)14-8-6-11(2)15(10-14)17(21)20-16-9-13(18)7-5-12(16)3/h5-10,19H,4H2,1-3H3,(H,20,21). The normalized spacial score (nSPS) is 11.3. The molecule has 0 atom stereocenters. The molecule has 5 nitrogen and oxygen atoms in total. The van der Waals surface area contributed by atoms with Gasteiger partial charge in [0.25, 0.3) is 5.91 Å². The molecule has 1 amide bonds. The maximum atomic E-state index is 12.6. The fraction of sp³-hybridized carbons (Fsp3) is 0.235. The van der Waals surface area contributed by atoms with Crippen molar-refractivity contribution in [3.63, 3.8) is 0 Å². The Hall–Kier alpha value is -1.89. The highest BCUT2D eigenvalue weighted by Gasteiger charge is 2.17. The molecule has 0 radical (unpaired) electrons. The predicted molar refractivity (Wildman–Crippen MR) is 96.2 cm³/mol. The van der Waals surface area contributed by atoms with Crippen LogP contribution in [0.5, 0.6) is 0 Å². The Morgan fingerprint density at radius 2 is 1.75 bits per heavy atom. The van der Waals surface area contributed by atoms with E-state index >= 15 is 0 Å². The molecule has 0 saturated heterocycles. The van der Waals surface area contributed by atoms with E-state index in [-0.39, 0.29) is 17.3 Å². The number of hydrogen-bond donors (Lipinski definition) is 2. The zero-order valence-electron chi connectivity index (χ0n) is 13.7. The Morgan fingerprint density at radius 1 is 1.08 bits per heavy atom. The van der Waals surface area contributed by atoms with Gasteiger partial charge >= 0.3 is 0 Å². The van der Waals surface area contributed by atoms with Crippen molar-refractivity contribution in [3.05, 3.63) is 58.1 Å². The van der Waals surface area contributed by atoms with Gasteiger partial charge in [-0.3, -0.25) is 4.79 Å². The molecule has 0 unspecified atom stereocenters. The SMILES string of the molecule is CCNS(=O)(=O)c1ccc(C)c(C(=O)Nc2cc(Cl)ccc2C)c1. The van der Waals surface area contributed by atoms with E-state index < -0.39 is 10.0 Å². The fourth-order valence-corrected chi connectivity index (χ4v) is 3.44. The van der Waals surface area contributed by atoms with Gasteiger partial charge in [0.2, 0.25) is 10.0 Å². The van der Waals surface area contributed by atoms with Gasteiger partial charge in [-0.05, 0) is 49.2 Å². The van der Waals surface area contributed by atoms with Crippen molar-refractivity contribution in [3.8, 4) is 0 Å². The third-order valence-corrected chi connectivity index (χ3v) is 5.32. The zero-order valence-corrected chi connectivity index (χ0v) is 15.3. The lowest BCUT2D eigenvalue weighted by Gasteiger charge is -2.12.